The maximum Gasteiger partial charge on any atom is 0.172 e. The molecule has 0 bridgehead atoms. The number of nitrogens with zero attached hydrogens (tertiary/aromatic N) is 1. The molecule has 5 heteroatoms. The van der Waals surface area contributed by atoms with Crippen molar-refractivity contribution in [1.82, 2.24) is 0 Å². The average Bonchev–Trinajstić information content (AvgIpc) is 3.30. The fourth-order valence-electron chi connectivity index (χ4n) is 4.61. The second-order valence-corrected chi connectivity index (χ2v) is 8.82. The van der Waals surface area contributed by atoms with Gasteiger partial charge < -0.3 is 15.2 Å². The van der Waals surface area contributed by atoms with E-state index in [0.717, 1.165) is 17.7 Å². The third-order valence-electron chi connectivity index (χ3n) is 6.16. The minimum absolute atomic E-state index is 0.0882. The Bertz CT molecular complexity index is 1170. The molecule has 31 heavy (non-hydrogen) atoms. The van der Waals surface area contributed by atoms with Gasteiger partial charge in [-0.1, -0.05) is 42.5 Å². The molecule has 3 aromatic carbocycles. The first-order valence-electron chi connectivity index (χ1n) is 10.4. The number of anilines is 1. The zero-order chi connectivity index (χ0) is 21.4. The van der Waals surface area contributed by atoms with Crippen molar-refractivity contribution < 1.29 is 9.84 Å². The van der Waals surface area contributed by atoms with Gasteiger partial charge in [0.15, 0.2) is 11.5 Å². The Morgan fingerprint density at radius 1 is 1.13 bits per heavy atom. The summed E-state index contributed by atoms with van der Waals surface area (Å²) in [6, 6.07) is 20.9. The highest BCUT2D eigenvalue weighted by molar-refractivity contribution is 9.10. The molecule has 0 saturated heterocycles. The van der Waals surface area contributed by atoms with Crippen LogP contribution in [0.25, 0.3) is 0 Å². The van der Waals surface area contributed by atoms with E-state index in [4.69, 9.17) is 4.74 Å². The van der Waals surface area contributed by atoms with Gasteiger partial charge in [-0.2, -0.15) is 0 Å². The number of ether oxygens (including phenoxy) is 1. The van der Waals surface area contributed by atoms with E-state index in [9.17, 15) is 5.11 Å². The summed E-state index contributed by atoms with van der Waals surface area (Å²) in [4.78, 5) is 4.60. The molecule has 156 valence electrons. The van der Waals surface area contributed by atoms with Crippen molar-refractivity contribution in [3.8, 4) is 11.5 Å². The molecular weight excluding hydrogens is 452 g/mol. The van der Waals surface area contributed by atoms with Gasteiger partial charge in [-0.05, 0) is 75.3 Å². The summed E-state index contributed by atoms with van der Waals surface area (Å²) >= 11 is 3.35. The van der Waals surface area contributed by atoms with Crippen LogP contribution in [0.4, 0.5) is 11.4 Å². The lowest BCUT2D eigenvalue weighted by Gasteiger charge is -2.37. The lowest BCUT2D eigenvalue weighted by molar-refractivity contribution is 0.372. The summed E-state index contributed by atoms with van der Waals surface area (Å²) in [6.45, 7) is 0. The van der Waals surface area contributed by atoms with Gasteiger partial charge in [-0.25, -0.2) is 0 Å². The van der Waals surface area contributed by atoms with Crippen molar-refractivity contribution in [2.24, 2.45) is 10.9 Å². The average molecular weight is 475 g/mol. The number of hydrogen-bond donors (Lipinski definition) is 2. The summed E-state index contributed by atoms with van der Waals surface area (Å²) in [6.07, 6.45) is 7.54. The standard InChI is InChI=1S/C26H23BrN2O2/c1-31-24-14-16(13-22(27)26(24)30)15-28-18-11-9-17(10-12-18)25-21-7-4-6-19(21)20-5-2-3-8-23(20)29-25/h2-6,8-15,19,21,25,29-30H,7H2,1H3/t19-,21+,25+/m1/s1. The van der Waals surface area contributed by atoms with E-state index in [-0.39, 0.29) is 11.8 Å². The highest BCUT2D eigenvalue weighted by Crippen LogP contribution is 2.49. The number of methoxy groups -OCH3 is 1. The molecule has 1 aliphatic carbocycles. The first-order chi connectivity index (χ1) is 15.1. The topological polar surface area (TPSA) is 53.8 Å². The number of hydrogen-bond acceptors (Lipinski definition) is 4. The van der Waals surface area contributed by atoms with Crippen LogP contribution in [-0.2, 0) is 0 Å². The van der Waals surface area contributed by atoms with Crippen LogP contribution < -0.4 is 10.1 Å². The van der Waals surface area contributed by atoms with Crippen LogP contribution in [0.15, 0.2) is 82.3 Å². The maximum absolute atomic E-state index is 9.96. The summed E-state index contributed by atoms with van der Waals surface area (Å²) < 4.78 is 5.78. The van der Waals surface area contributed by atoms with Gasteiger partial charge in [0.25, 0.3) is 0 Å². The number of halogens is 1. The number of para-hydroxylation sites is 1. The van der Waals surface area contributed by atoms with E-state index in [1.165, 1.54) is 23.9 Å². The fraction of sp³-hybridized carbons (Fsp3) is 0.192. The highest BCUT2D eigenvalue weighted by atomic mass is 79.9. The SMILES string of the molecule is COc1cc(C=Nc2ccc([C@@H]3Nc4ccccc4[C@H]4C=CC[C@@H]43)cc2)cc(Br)c1O. The Kier molecular flexibility index (Phi) is 5.28. The lowest BCUT2D eigenvalue weighted by Crippen LogP contribution is -2.28. The van der Waals surface area contributed by atoms with Gasteiger partial charge in [-0.3, -0.25) is 4.99 Å². The summed E-state index contributed by atoms with van der Waals surface area (Å²) in [5, 5.41) is 13.7. The van der Waals surface area contributed by atoms with E-state index in [1.807, 2.05) is 6.07 Å². The molecular formula is C26H23BrN2O2. The molecule has 0 radical (unpaired) electrons. The molecule has 4 nitrogen and oxygen atoms in total. The predicted molar refractivity (Wildman–Crippen MR) is 129 cm³/mol. The molecule has 0 saturated carbocycles. The lowest BCUT2D eigenvalue weighted by atomic mass is 9.77. The molecule has 2 aliphatic rings. The number of benzene rings is 3. The molecule has 1 aliphatic heterocycles. The smallest absolute Gasteiger partial charge is 0.172 e. The number of allylic oxidation sites excluding steroid dienone is 2. The number of phenols is 1. The van der Waals surface area contributed by atoms with Crippen molar-refractivity contribution in [3.05, 3.63) is 94.0 Å². The van der Waals surface area contributed by atoms with Crippen LogP contribution in [-0.4, -0.2) is 18.4 Å². The van der Waals surface area contributed by atoms with Crippen LogP contribution >= 0.6 is 15.9 Å². The number of aromatic hydroxyl groups is 1. The fourth-order valence-corrected chi connectivity index (χ4v) is 5.07. The van der Waals surface area contributed by atoms with E-state index >= 15 is 0 Å². The molecule has 5 rings (SSSR count). The van der Waals surface area contributed by atoms with Gasteiger partial charge >= 0.3 is 0 Å². The van der Waals surface area contributed by atoms with E-state index in [2.05, 4.69) is 86.9 Å². The molecule has 0 aromatic heterocycles. The van der Waals surface area contributed by atoms with E-state index < -0.39 is 0 Å². The zero-order valence-corrected chi connectivity index (χ0v) is 18.7. The van der Waals surface area contributed by atoms with Crippen LogP contribution in [0.3, 0.4) is 0 Å². The number of rotatable bonds is 4. The Morgan fingerprint density at radius 2 is 1.94 bits per heavy atom. The van der Waals surface area contributed by atoms with E-state index in [0.29, 0.717) is 22.1 Å². The van der Waals surface area contributed by atoms with Crippen LogP contribution in [0.5, 0.6) is 11.5 Å². The molecule has 3 aromatic rings. The number of aliphatic imine (C=N–C) groups is 1. The van der Waals surface area contributed by atoms with Gasteiger partial charge in [0.1, 0.15) is 0 Å². The second kappa shape index (κ2) is 8.23. The molecule has 0 amide bonds. The summed E-state index contributed by atoms with van der Waals surface area (Å²) in [5.41, 5.74) is 5.63. The third kappa shape index (κ3) is 3.74. The second-order valence-electron chi connectivity index (χ2n) is 7.97. The minimum atomic E-state index is 0.0882. The predicted octanol–water partition coefficient (Wildman–Crippen LogP) is 6.74. The highest BCUT2D eigenvalue weighted by Gasteiger charge is 2.37. The largest absolute Gasteiger partial charge is 0.503 e. The van der Waals surface area contributed by atoms with Crippen LogP contribution in [0.1, 0.15) is 35.1 Å². The third-order valence-corrected chi connectivity index (χ3v) is 6.76. The molecule has 3 atom stereocenters. The molecule has 0 spiro atoms. The van der Waals surface area contributed by atoms with E-state index in [1.54, 1.807) is 12.3 Å². The van der Waals surface area contributed by atoms with Gasteiger partial charge in [-0.15, -0.1) is 0 Å². The summed E-state index contributed by atoms with van der Waals surface area (Å²) in [7, 11) is 1.53. The van der Waals surface area contributed by atoms with Gasteiger partial charge in [0.2, 0.25) is 0 Å². The van der Waals surface area contributed by atoms with Crippen LogP contribution in [0, 0.1) is 5.92 Å². The normalized spacial score (nSPS) is 21.5. The van der Waals surface area contributed by atoms with Gasteiger partial charge in [0.05, 0.1) is 23.3 Å². The maximum atomic E-state index is 9.96. The van der Waals surface area contributed by atoms with Crippen LogP contribution in [0.2, 0.25) is 0 Å². The molecule has 0 fully saturated rings. The molecule has 0 unspecified atom stereocenters. The number of nitrogens with one attached hydrogen (secondary N) is 1. The monoisotopic (exact) mass is 474 g/mol. The summed E-state index contributed by atoms with van der Waals surface area (Å²) in [5.74, 6) is 1.51. The molecule has 2 N–H and O–H groups in total. The first kappa shape index (κ1) is 19.9. The zero-order valence-electron chi connectivity index (χ0n) is 17.1. The quantitative estimate of drug-likeness (QED) is 0.325. The van der Waals surface area contributed by atoms with Crippen molar-refractivity contribution in [2.75, 3.05) is 12.4 Å². The van der Waals surface area contributed by atoms with Crippen molar-refractivity contribution in [1.29, 1.82) is 0 Å². The number of phenolic OH excluding ortho intramolecular Hbond substituents is 1. The Labute approximate surface area is 190 Å². The Balaban J connectivity index is 1.37. The Hall–Kier alpha value is -3.05. The number of fused-ring (bicyclic) bond motifs is 3. The van der Waals surface area contributed by atoms with Crippen molar-refractivity contribution >= 4 is 33.5 Å². The van der Waals surface area contributed by atoms with Crippen molar-refractivity contribution in [2.45, 2.75) is 18.4 Å². The van der Waals surface area contributed by atoms with Crippen molar-refractivity contribution in [3.63, 3.8) is 0 Å². The molecule has 1 heterocycles. The Morgan fingerprint density at radius 3 is 2.74 bits per heavy atom. The minimum Gasteiger partial charge on any atom is -0.503 e. The van der Waals surface area contributed by atoms with Gasteiger partial charge in [0, 0.05) is 17.8 Å². The first-order valence-corrected chi connectivity index (χ1v) is 11.2.